The van der Waals surface area contributed by atoms with E-state index in [0.717, 1.165) is 31.9 Å². The van der Waals surface area contributed by atoms with Gasteiger partial charge in [-0.2, -0.15) is 0 Å². The number of carbonyl (C=O) groups is 1. The number of amides is 1. The number of anilines is 1. The number of rotatable bonds is 2. The molecular formula is C15H19N5O3. The maximum Gasteiger partial charge on any atom is 0.407 e. The van der Waals surface area contributed by atoms with Crippen LogP contribution in [0.5, 0.6) is 0 Å². The van der Waals surface area contributed by atoms with Crippen LogP contribution in [0.15, 0.2) is 30.2 Å². The molecule has 0 unspecified atom stereocenters. The third-order valence-electron chi connectivity index (χ3n) is 4.25. The van der Waals surface area contributed by atoms with Crippen LogP contribution in [0.25, 0.3) is 0 Å². The van der Waals surface area contributed by atoms with E-state index in [1.165, 1.54) is 4.90 Å². The highest BCUT2D eigenvalue weighted by Gasteiger charge is 2.30. The van der Waals surface area contributed by atoms with Crippen molar-refractivity contribution in [3.8, 4) is 0 Å². The second-order valence-electron chi connectivity index (χ2n) is 5.52. The first-order valence-corrected chi connectivity index (χ1v) is 7.58. The highest BCUT2D eigenvalue weighted by molar-refractivity contribution is 5.67. The minimum absolute atomic E-state index is 0.101. The monoisotopic (exact) mass is 317 g/mol. The van der Waals surface area contributed by atoms with Crippen molar-refractivity contribution >= 4 is 17.7 Å². The largest absolute Gasteiger partial charge is 0.465 e. The highest BCUT2D eigenvalue weighted by Crippen LogP contribution is 2.19. The predicted octanol–water partition coefficient (Wildman–Crippen LogP) is 0.130. The molecule has 0 spiro atoms. The number of piperazine rings is 2. The molecule has 8 heteroatoms. The molecule has 0 aromatic carbocycles. The second kappa shape index (κ2) is 6.68. The molecule has 8 nitrogen and oxygen atoms in total. The first-order valence-electron chi connectivity index (χ1n) is 7.58. The Morgan fingerprint density at radius 1 is 1.09 bits per heavy atom. The lowest BCUT2D eigenvalue weighted by molar-refractivity contribution is -0.0226. The molecule has 3 heterocycles. The number of hydrogen-bond donors (Lipinski definition) is 1. The maximum absolute atomic E-state index is 11.2. The van der Waals surface area contributed by atoms with Gasteiger partial charge in [-0.15, -0.1) is 0 Å². The van der Waals surface area contributed by atoms with Crippen LogP contribution < -0.4 is 4.90 Å². The van der Waals surface area contributed by atoms with Crippen molar-refractivity contribution in [2.24, 2.45) is 0 Å². The van der Waals surface area contributed by atoms with Gasteiger partial charge >= 0.3 is 6.09 Å². The summed E-state index contributed by atoms with van der Waals surface area (Å²) in [6.45, 7) is 4.23. The van der Waals surface area contributed by atoms with E-state index in [2.05, 4.69) is 14.9 Å². The van der Waals surface area contributed by atoms with Crippen LogP contribution in [0.2, 0.25) is 0 Å². The van der Waals surface area contributed by atoms with Crippen LogP contribution in [0, 0.1) is 0 Å². The van der Waals surface area contributed by atoms with Gasteiger partial charge in [0.15, 0.2) is 0 Å². The average Bonchev–Trinajstić information content (AvgIpc) is 2.62. The van der Waals surface area contributed by atoms with Crippen molar-refractivity contribution in [3.63, 3.8) is 0 Å². The smallest absolute Gasteiger partial charge is 0.407 e. The van der Waals surface area contributed by atoms with E-state index < -0.39 is 6.09 Å². The number of pyridine rings is 1. The number of carboxylic acid groups (broad SMARTS) is 1. The van der Waals surface area contributed by atoms with E-state index in [9.17, 15) is 9.59 Å². The van der Waals surface area contributed by atoms with E-state index in [1.807, 2.05) is 23.1 Å². The normalized spacial score (nSPS) is 19.7. The van der Waals surface area contributed by atoms with Gasteiger partial charge in [0, 0.05) is 50.8 Å². The fourth-order valence-corrected chi connectivity index (χ4v) is 3.00. The Hall–Kier alpha value is -2.57. The first-order chi connectivity index (χ1) is 11.2. The molecule has 0 atom stereocenters. The summed E-state index contributed by atoms with van der Waals surface area (Å²) in [5.74, 6) is 1.90. The van der Waals surface area contributed by atoms with Crippen LogP contribution in [-0.2, 0) is 4.79 Å². The summed E-state index contributed by atoms with van der Waals surface area (Å²) >= 11 is 0. The molecule has 2 aliphatic heterocycles. The Bertz CT molecular complexity index is 609. The zero-order chi connectivity index (χ0) is 16.2. The molecule has 0 saturated carbocycles. The summed E-state index contributed by atoms with van der Waals surface area (Å²) in [6.07, 6.45) is 2.56. The van der Waals surface area contributed by atoms with E-state index in [4.69, 9.17) is 5.11 Å². The standard InChI is InChI=1S/C15H19N5O3/c21-12-14-11-18(15(22)23)7-10-20(14)19-8-5-17(6-9-19)13-1-3-16-4-2-13/h1-4H,5-11H2,(H,22,23). The molecule has 3 rings (SSSR count). The topological polar surface area (TPSA) is 80.2 Å². The van der Waals surface area contributed by atoms with Crippen LogP contribution in [0.4, 0.5) is 10.5 Å². The number of hydrogen-bond acceptors (Lipinski definition) is 6. The summed E-state index contributed by atoms with van der Waals surface area (Å²) in [6, 6.07) is 3.97. The molecule has 2 fully saturated rings. The van der Waals surface area contributed by atoms with Gasteiger partial charge < -0.3 is 10.0 Å². The lowest BCUT2D eigenvalue weighted by Gasteiger charge is -2.45. The highest BCUT2D eigenvalue weighted by atomic mass is 16.4. The van der Waals surface area contributed by atoms with E-state index in [0.29, 0.717) is 18.8 Å². The number of hydrazine groups is 1. The molecule has 1 aromatic rings. The van der Waals surface area contributed by atoms with Gasteiger partial charge in [0.2, 0.25) is 0 Å². The lowest BCUT2D eigenvalue weighted by atomic mass is 10.2. The summed E-state index contributed by atoms with van der Waals surface area (Å²) in [7, 11) is 0. The minimum atomic E-state index is -1.00. The molecule has 1 N–H and O–H groups in total. The maximum atomic E-state index is 11.2. The predicted molar refractivity (Wildman–Crippen MR) is 83.5 cm³/mol. The summed E-state index contributed by atoms with van der Waals surface area (Å²) < 4.78 is 0. The van der Waals surface area contributed by atoms with Crippen molar-refractivity contribution in [2.75, 3.05) is 50.7 Å². The number of nitrogens with zero attached hydrogens (tertiary/aromatic N) is 5. The first kappa shape index (κ1) is 15.3. The summed E-state index contributed by atoms with van der Waals surface area (Å²) in [5.41, 5.74) is 1.53. The fraction of sp³-hybridized carbons (Fsp3) is 0.467. The quantitative estimate of drug-likeness (QED) is 0.777. The van der Waals surface area contributed by atoms with Crippen LogP contribution >= 0.6 is 0 Å². The van der Waals surface area contributed by atoms with Gasteiger partial charge in [-0.3, -0.25) is 14.9 Å². The Balaban J connectivity index is 1.61. The number of aromatic nitrogens is 1. The molecule has 2 saturated heterocycles. The van der Waals surface area contributed by atoms with Gasteiger partial charge in [0.05, 0.1) is 13.1 Å². The number of carbonyl (C=O) groups excluding carboxylic acids is 1. The SMILES string of the molecule is O=C=C1CN(C(=O)O)CCN1N1CCN(c2ccncc2)CC1. The molecule has 1 amide bonds. The van der Waals surface area contributed by atoms with Gasteiger partial charge in [0.25, 0.3) is 0 Å². The third-order valence-corrected chi connectivity index (χ3v) is 4.25. The Labute approximate surface area is 134 Å². The van der Waals surface area contributed by atoms with E-state index >= 15 is 0 Å². The zero-order valence-electron chi connectivity index (χ0n) is 12.8. The Morgan fingerprint density at radius 2 is 1.78 bits per heavy atom. The Morgan fingerprint density at radius 3 is 2.39 bits per heavy atom. The fourth-order valence-electron chi connectivity index (χ4n) is 3.00. The molecule has 1 aromatic heterocycles. The lowest BCUT2D eigenvalue weighted by Crippen LogP contribution is -2.58. The van der Waals surface area contributed by atoms with Gasteiger partial charge in [0.1, 0.15) is 11.6 Å². The summed E-state index contributed by atoms with van der Waals surface area (Å²) in [5, 5.41) is 13.0. The van der Waals surface area contributed by atoms with Gasteiger partial charge in [-0.05, 0) is 12.1 Å². The molecular weight excluding hydrogens is 298 g/mol. The van der Waals surface area contributed by atoms with Crippen molar-refractivity contribution in [1.29, 1.82) is 0 Å². The third kappa shape index (κ3) is 3.28. The second-order valence-corrected chi connectivity index (χ2v) is 5.52. The van der Waals surface area contributed by atoms with Crippen LogP contribution in [0.1, 0.15) is 0 Å². The molecule has 23 heavy (non-hydrogen) atoms. The van der Waals surface area contributed by atoms with E-state index in [-0.39, 0.29) is 6.54 Å². The molecule has 0 bridgehead atoms. The molecule has 0 aliphatic carbocycles. The molecule has 2 aliphatic rings. The zero-order valence-corrected chi connectivity index (χ0v) is 12.8. The van der Waals surface area contributed by atoms with Crippen molar-refractivity contribution in [2.45, 2.75) is 0 Å². The van der Waals surface area contributed by atoms with Crippen LogP contribution in [-0.4, -0.2) is 82.9 Å². The van der Waals surface area contributed by atoms with Crippen LogP contribution in [0.3, 0.4) is 0 Å². The Kier molecular flexibility index (Phi) is 4.45. The van der Waals surface area contributed by atoms with Crippen molar-refractivity contribution < 1.29 is 14.7 Å². The average molecular weight is 317 g/mol. The van der Waals surface area contributed by atoms with Crippen molar-refractivity contribution in [3.05, 3.63) is 30.2 Å². The molecule has 0 radical (unpaired) electrons. The molecule has 122 valence electrons. The van der Waals surface area contributed by atoms with E-state index in [1.54, 1.807) is 12.4 Å². The van der Waals surface area contributed by atoms with Gasteiger partial charge in [-0.25, -0.2) is 14.6 Å². The van der Waals surface area contributed by atoms with Crippen molar-refractivity contribution in [1.82, 2.24) is 19.9 Å². The summed E-state index contributed by atoms with van der Waals surface area (Å²) in [4.78, 5) is 29.8. The van der Waals surface area contributed by atoms with Gasteiger partial charge in [-0.1, -0.05) is 0 Å². The minimum Gasteiger partial charge on any atom is -0.465 e.